The van der Waals surface area contributed by atoms with Crippen molar-refractivity contribution in [3.63, 3.8) is 0 Å². The number of thiazole rings is 1. The minimum absolute atomic E-state index is 0.0353. The topological polar surface area (TPSA) is 71.5 Å². The first-order valence-electron chi connectivity index (χ1n) is 8.77. The third kappa shape index (κ3) is 5.56. The van der Waals surface area contributed by atoms with Crippen LogP contribution in [0.4, 0.5) is 0 Å². The van der Waals surface area contributed by atoms with E-state index in [1.54, 1.807) is 30.6 Å². The Balaban J connectivity index is 1.43. The molecule has 2 N–H and O–H groups in total. The minimum Gasteiger partial charge on any atom is -0.508 e. The van der Waals surface area contributed by atoms with Crippen LogP contribution in [0.15, 0.2) is 53.9 Å². The summed E-state index contributed by atoms with van der Waals surface area (Å²) in [6, 6.07) is 14.8. The summed E-state index contributed by atoms with van der Waals surface area (Å²) in [7, 11) is 1.64. The van der Waals surface area contributed by atoms with Crippen molar-refractivity contribution in [3.05, 3.63) is 64.5 Å². The van der Waals surface area contributed by atoms with E-state index in [-0.39, 0.29) is 11.7 Å². The molecule has 27 heavy (non-hydrogen) atoms. The highest BCUT2D eigenvalue weighted by Crippen LogP contribution is 2.23. The van der Waals surface area contributed by atoms with Gasteiger partial charge in [-0.05, 0) is 48.4 Å². The maximum atomic E-state index is 12.0. The second-order valence-corrected chi connectivity index (χ2v) is 7.07. The largest absolute Gasteiger partial charge is 0.508 e. The molecule has 0 spiro atoms. The van der Waals surface area contributed by atoms with Gasteiger partial charge in [0.05, 0.1) is 17.8 Å². The molecule has 0 saturated heterocycles. The Kier molecular flexibility index (Phi) is 6.44. The van der Waals surface area contributed by atoms with Gasteiger partial charge >= 0.3 is 0 Å². The van der Waals surface area contributed by atoms with Crippen molar-refractivity contribution in [1.29, 1.82) is 0 Å². The van der Waals surface area contributed by atoms with Crippen molar-refractivity contribution in [3.8, 4) is 22.8 Å². The van der Waals surface area contributed by atoms with Crippen LogP contribution in [0.1, 0.15) is 17.0 Å². The fraction of sp³-hybridized carbons (Fsp3) is 0.238. The van der Waals surface area contributed by atoms with Crippen LogP contribution in [-0.2, 0) is 17.6 Å². The Morgan fingerprint density at radius 1 is 1.19 bits per heavy atom. The molecule has 3 rings (SSSR count). The number of aryl methyl sites for hydroxylation is 1. The van der Waals surface area contributed by atoms with E-state index in [4.69, 9.17) is 4.74 Å². The lowest BCUT2D eigenvalue weighted by atomic mass is 10.1. The predicted molar refractivity (Wildman–Crippen MR) is 107 cm³/mol. The Morgan fingerprint density at radius 2 is 2.00 bits per heavy atom. The van der Waals surface area contributed by atoms with E-state index < -0.39 is 0 Å². The number of hydrogen-bond donors (Lipinski definition) is 2. The maximum absolute atomic E-state index is 12.0. The van der Waals surface area contributed by atoms with E-state index in [9.17, 15) is 9.90 Å². The van der Waals surface area contributed by atoms with E-state index in [0.717, 1.165) is 27.6 Å². The molecule has 0 bridgehead atoms. The number of phenols is 1. The van der Waals surface area contributed by atoms with E-state index in [1.807, 2.05) is 41.8 Å². The number of carbonyl (C=O) groups is 1. The van der Waals surface area contributed by atoms with Crippen LogP contribution >= 0.6 is 11.3 Å². The number of phenolic OH excluding ortho intramolecular Hbond substituents is 1. The number of ether oxygens (including phenoxy) is 1. The first-order valence-corrected chi connectivity index (χ1v) is 9.65. The predicted octanol–water partition coefficient (Wildman–Crippen LogP) is 3.82. The molecule has 0 aliphatic heterocycles. The maximum Gasteiger partial charge on any atom is 0.220 e. The third-order valence-electron chi connectivity index (χ3n) is 4.15. The minimum atomic E-state index is 0.0353. The molecule has 1 amide bonds. The number of hydrogen-bond acceptors (Lipinski definition) is 5. The van der Waals surface area contributed by atoms with Gasteiger partial charge in [0.1, 0.15) is 11.5 Å². The van der Waals surface area contributed by atoms with Gasteiger partial charge in [0.2, 0.25) is 5.91 Å². The van der Waals surface area contributed by atoms with Gasteiger partial charge in [-0.3, -0.25) is 4.79 Å². The molecular formula is C21H22N2O3S. The summed E-state index contributed by atoms with van der Waals surface area (Å²) in [5, 5.41) is 15.3. The molecule has 0 aliphatic rings. The summed E-state index contributed by atoms with van der Waals surface area (Å²) in [5.74, 6) is 1.08. The molecule has 6 heteroatoms. The molecule has 1 aromatic heterocycles. The first-order chi connectivity index (χ1) is 13.1. The van der Waals surface area contributed by atoms with E-state index >= 15 is 0 Å². The Morgan fingerprint density at radius 3 is 2.78 bits per heavy atom. The van der Waals surface area contributed by atoms with Gasteiger partial charge in [-0.25, -0.2) is 4.98 Å². The lowest BCUT2D eigenvalue weighted by molar-refractivity contribution is -0.121. The summed E-state index contributed by atoms with van der Waals surface area (Å²) in [5.41, 5.74) is 2.94. The van der Waals surface area contributed by atoms with Gasteiger partial charge in [-0.1, -0.05) is 12.1 Å². The molecule has 140 valence electrons. The number of rotatable bonds is 8. The fourth-order valence-electron chi connectivity index (χ4n) is 2.67. The Bertz CT molecular complexity index is 890. The molecule has 0 atom stereocenters. The molecule has 0 saturated carbocycles. The Hall–Kier alpha value is -2.86. The number of amides is 1. The van der Waals surface area contributed by atoms with Gasteiger partial charge in [0.15, 0.2) is 0 Å². The van der Waals surface area contributed by atoms with Crippen LogP contribution < -0.4 is 10.1 Å². The van der Waals surface area contributed by atoms with Gasteiger partial charge in [0.25, 0.3) is 0 Å². The van der Waals surface area contributed by atoms with Crippen molar-refractivity contribution in [1.82, 2.24) is 10.3 Å². The number of methoxy groups -OCH3 is 1. The molecular weight excluding hydrogens is 360 g/mol. The second kappa shape index (κ2) is 9.19. The monoisotopic (exact) mass is 382 g/mol. The van der Waals surface area contributed by atoms with Crippen LogP contribution in [0.3, 0.4) is 0 Å². The van der Waals surface area contributed by atoms with E-state index in [1.165, 1.54) is 0 Å². The van der Waals surface area contributed by atoms with Crippen LogP contribution in [0.2, 0.25) is 0 Å². The summed E-state index contributed by atoms with van der Waals surface area (Å²) in [4.78, 5) is 16.6. The summed E-state index contributed by atoms with van der Waals surface area (Å²) < 4.78 is 5.20. The van der Waals surface area contributed by atoms with E-state index in [2.05, 4.69) is 10.3 Å². The number of nitrogens with one attached hydrogen (secondary N) is 1. The summed E-state index contributed by atoms with van der Waals surface area (Å²) in [6.07, 6.45) is 1.84. The highest BCUT2D eigenvalue weighted by Gasteiger charge is 2.07. The Labute approximate surface area is 162 Å². The average Bonchev–Trinajstić information content (AvgIpc) is 3.16. The molecule has 0 radical (unpaired) electrons. The number of aromatic nitrogens is 1. The van der Waals surface area contributed by atoms with Crippen LogP contribution in [0, 0.1) is 0 Å². The number of nitrogens with zero attached hydrogens (tertiary/aromatic N) is 1. The zero-order valence-electron chi connectivity index (χ0n) is 15.1. The smallest absolute Gasteiger partial charge is 0.220 e. The van der Waals surface area contributed by atoms with Crippen molar-refractivity contribution in [2.45, 2.75) is 19.3 Å². The standard InChI is InChI=1S/C21H22N2O3S/c1-26-18-4-2-3-15(13-18)5-10-20(25)22-12-11-21-23-19(14-27-21)16-6-8-17(24)9-7-16/h2-4,6-9,13-14,24H,5,10-12H2,1H3,(H,22,25). The van der Waals surface area contributed by atoms with E-state index in [0.29, 0.717) is 25.8 Å². The van der Waals surface area contributed by atoms with Crippen LogP contribution in [0.25, 0.3) is 11.3 Å². The molecule has 5 nitrogen and oxygen atoms in total. The first kappa shape index (κ1) is 18.9. The van der Waals surface area contributed by atoms with Crippen molar-refractivity contribution < 1.29 is 14.6 Å². The lowest BCUT2D eigenvalue weighted by Crippen LogP contribution is -2.25. The lowest BCUT2D eigenvalue weighted by Gasteiger charge is -2.06. The molecule has 1 heterocycles. The normalized spacial score (nSPS) is 10.6. The van der Waals surface area contributed by atoms with Crippen LogP contribution in [0.5, 0.6) is 11.5 Å². The SMILES string of the molecule is COc1cccc(CCC(=O)NCCc2nc(-c3ccc(O)cc3)cs2)c1. The quantitative estimate of drug-likeness (QED) is 0.621. The fourth-order valence-corrected chi connectivity index (χ4v) is 3.48. The third-order valence-corrected chi connectivity index (χ3v) is 5.06. The number of aromatic hydroxyl groups is 1. The molecule has 2 aromatic carbocycles. The zero-order chi connectivity index (χ0) is 19.1. The zero-order valence-corrected chi connectivity index (χ0v) is 16.0. The van der Waals surface area contributed by atoms with Gasteiger partial charge in [-0.15, -0.1) is 11.3 Å². The summed E-state index contributed by atoms with van der Waals surface area (Å²) in [6.45, 7) is 0.569. The van der Waals surface area contributed by atoms with Crippen molar-refractivity contribution in [2.75, 3.05) is 13.7 Å². The highest BCUT2D eigenvalue weighted by molar-refractivity contribution is 7.09. The summed E-state index contributed by atoms with van der Waals surface area (Å²) >= 11 is 1.58. The van der Waals surface area contributed by atoms with Crippen molar-refractivity contribution >= 4 is 17.2 Å². The second-order valence-electron chi connectivity index (χ2n) is 6.12. The van der Waals surface area contributed by atoms with Crippen molar-refractivity contribution in [2.24, 2.45) is 0 Å². The molecule has 3 aromatic rings. The van der Waals surface area contributed by atoms with Gasteiger partial charge in [-0.2, -0.15) is 0 Å². The van der Waals surface area contributed by atoms with Crippen LogP contribution in [-0.4, -0.2) is 29.7 Å². The molecule has 0 fully saturated rings. The number of benzene rings is 2. The molecule has 0 aliphatic carbocycles. The van der Waals surface area contributed by atoms with Gasteiger partial charge in [0, 0.05) is 30.3 Å². The van der Waals surface area contributed by atoms with Gasteiger partial charge < -0.3 is 15.2 Å². The highest BCUT2D eigenvalue weighted by atomic mass is 32.1. The molecule has 0 unspecified atom stereocenters. The number of carbonyl (C=O) groups excluding carboxylic acids is 1. The average molecular weight is 382 g/mol.